The number of carbonyl (C=O) groups is 2. The fourth-order valence-corrected chi connectivity index (χ4v) is 3.75. The second-order valence-electron chi connectivity index (χ2n) is 8.31. The van der Waals surface area contributed by atoms with E-state index in [0.29, 0.717) is 40.2 Å². The molecule has 0 aliphatic rings. The molecular formula is C25H32Cl2N2O3. The molecule has 0 saturated carbocycles. The average Bonchev–Trinajstić information content (AvgIpc) is 2.74. The smallest absolute Gasteiger partial charge is 0.261 e. The standard InChI is InChI=1S/C25H32Cl2N2O3/c1-6-22(25(31)28-13-16(2)3)29(14-19-10-11-20(26)12-21(19)27)24(30)15-32-23-9-7-8-17(4)18(23)5/h7-12,16,22H,6,13-15H2,1-5H3,(H,28,31). The monoisotopic (exact) mass is 478 g/mol. The minimum absolute atomic E-state index is 0.177. The zero-order valence-corrected chi connectivity index (χ0v) is 20.9. The van der Waals surface area contributed by atoms with E-state index in [2.05, 4.69) is 5.32 Å². The van der Waals surface area contributed by atoms with Gasteiger partial charge in [0.1, 0.15) is 11.8 Å². The Bertz CT molecular complexity index is 947. The molecule has 0 aromatic heterocycles. The first-order chi connectivity index (χ1) is 15.1. The lowest BCUT2D eigenvalue weighted by Crippen LogP contribution is -2.50. The summed E-state index contributed by atoms with van der Waals surface area (Å²) < 4.78 is 5.84. The van der Waals surface area contributed by atoms with Crippen LogP contribution in [0.3, 0.4) is 0 Å². The second kappa shape index (κ2) is 12.1. The third kappa shape index (κ3) is 7.14. The minimum atomic E-state index is -0.643. The van der Waals surface area contributed by atoms with Crippen LogP contribution in [0.1, 0.15) is 43.9 Å². The molecule has 0 fully saturated rings. The number of hydrogen-bond donors (Lipinski definition) is 1. The van der Waals surface area contributed by atoms with E-state index in [0.717, 1.165) is 11.1 Å². The third-order valence-corrected chi connectivity index (χ3v) is 5.92. The lowest BCUT2D eigenvalue weighted by Gasteiger charge is -2.31. The minimum Gasteiger partial charge on any atom is -0.483 e. The van der Waals surface area contributed by atoms with Gasteiger partial charge in [0, 0.05) is 23.1 Å². The lowest BCUT2D eigenvalue weighted by molar-refractivity contribution is -0.143. The molecule has 2 aromatic rings. The van der Waals surface area contributed by atoms with Gasteiger partial charge in [0.05, 0.1) is 0 Å². The van der Waals surface area contributed by atoms with Crippen molar-refractivity contribution in [3.63, 3.8) is 0 Å². The van der Waals surface area contributed by atoms with E-state index in [-0.39, 0.29) is 25.0 Å². The molecule has 2 amide bonds. The number of nitrogens with zero attached hydrogens (tertiary/aromatic N) is 1. The number of amides is 2. The number of halogens is 2. The van der Waals surface area contributed by atoms with Gasteiger partial charge in [0.2, 0.25) is 5.91 Å². The van der Waals surface area contributed by atoms with Crippen molar-refractivity contribution < 1.29 is 14.3 Å². The number of aryl methyl sites for hydroxylation is 1. The van der Waals surface area contributed by atoms with Crippen LogP contribution in [0.4, 0.5) is 0 Å². The SMILES string of the molecule is CCC(C(=O)NCC(C)C)N(Cc1ccc(Cl)cc1Cl)C(=O)COc1cccc(C)c1C. The van der Waals surface area contributed by atoms with Gasteiger partial charge in [-0.15, -0.1) is 0 Å². The molecule has 0 spiro atoms. The predicted molar refractivity (Wildman–Crippen MR) is 130 cm³/mol. The Kier molecular flexibility index (Phi) is 9.85. The van der Waals surface area contributed by atoms with Gasteiger partial charge in [0.25, 0.3) is 5.91 Å². The van der Waals surface area contributed by atoms with Crippen molar-refractivity contribution in [1.29, 1.82) is 0 Å². The van der Waals surface area contributed by atoms with E-state index >= 15 is 0 Å². The molecule has 1 unspecified atom stereocenters. The van der Waals surface area contributed by atoms with E-state index in [1.54, 1.807) is 18.2 Å². The zero-order chi connectivity index (χ0) is 23.8. The van der Waals surface area contributed by atoms with Crippen molar-refractivity contribution in [2.45, 2.75) is 53.6 Å². The summed E-state index contributed by atoms with van der Waals surface area (Å²) in [6, 6.07) is 10.2. The Morgan fingerprint density at radius 1 is 1.12 bits per heavy atom. The lowest BCUT2D eigenvalue weighted by atomic mass is 10.1. The zero-order valence-electron chi connectivity index (χ0n) is 19.4. The van der Waals surface area contributed by atoms with Gasteiger partial charge in [-0.1, -0.05) is 62.2 Å². The van der Waals surface area contributed by atoms with Crippen molar-refractivity contribution in [1.82, 2.24) is 10.2 Å². The number of benzene rings is 2. The van der Waals surface area contributed by atoms with E-state index in [9.17, 15) is 9.59 Å². The van der Waals surface area contributed by atoms with Crippen LogP contribution in [0.2, 0.25) is 10.0 Å². The summed E-state index contributed by atoms with van der Waals surface area (Å²) in [5.74, 6) is 0.480. The molecule has 32 heavy (non-hydrogen) atoms. The van der Waals surface area contributed by atoms with Crippen molar-refractivity contribution in [3.8, 4) is 5.75 Å². The van der Waals surface area contributed by atoms with Crippen LogP contribution < -0.4 is 10.1 Å². The van der Waals surface area contributed by atoms with Crippen LogP contribution >= 0.6 is 23.2 Å². The van der Waals surface area contributed by atoms with Crippen LogP contribution in [0, 0.1) is 19.8 Å². The molecule has 5 nitrogen and oxygen atoms in total. The topological polar surface area (TPSA) is 58.6 Å². The molecule has 0 saturated heterocycles. The van der Waals surface area contributed by atoms with Gasteiger partial charge in [-0.25, -0.2) is 0 Å². The van der Waals surface area contributed by atoms with E-state index in [1.807, 2.05) is 52.8 Å². The Labute approximate surface area is 201 Å². The molecule has 0 radical (unpaired) electrons. The maximum atomic E-state index is 13.3. The van der Waals surface area contributed by atoms with E-state index in [1.165, 1.54) is 4.90 Å². The predicted octanol–water partition coefficient (Wildman–Crippen LogP) is 5.57. The fourth-order valence-electron chi connectivity index (χ4n) is 3.28. The normalized spacial score (nSPS) is 11.9. The molecule has 0 aliphatic carbocycles. The highest BCUT2D eigenvalue weighted by molar-refractivity contribution is 6.35. The van der Waals surface area contributed by atoms with Gasteiger partial charge < -0.3 is 15.0 Å². The van der Waals surface area contributed by atoms with Crippen LogP contribution in [-0.2, 0) is 16.1 Å². The molecule has 174 valence electrons. The maximum Gasteiger partial charge on any atom is 0.261 e. The first kappa shape index (κ1) is 26.0. The summed E-state index contributed by atoms with van der Waals surface area (Å²) in [4.78, 5) is 27.8. The van der Waals surface area contributed by atoms with E-state index < -0.39 is 6.04 Å². The first-order valence-corrected chi connectivity index (χ1v) is 11.6. The molecule has 1 atom stereocenters. The second-order valence-corrected chi connectivity index (χ2v) is 9.15. The Balaban J connectivity index is 2.27. The van der Waals surface area contributed by atoms with Crippen LogP contribution in [-0.4, -0.2) is 35.9 Å². The summed E-state index contributed by atoms with van der Waals surface area (Å²) in [5, 5.41) is 3.90. The van der Waals surface area contributed by atoms with Crippen molar-refractivity contribution in [2.24, 2.45) is 5.92 Å². The molecule has 0 aliphatic heterocycles. The van der Waals surface area contributed by atoms with Gasteiger partial charge in [-0.05, 0) is 61.1 Å². The number of hydrogen-bond acceptors (Lipinski definition) is 3. The highest BCUT2D eigenvalue weighted by atomic mass is 35.5. The summed E-state index contributed by atoms with van der Waals surface area (Å²) in [6.07, 6.45) is 0.463. The number of nitrogens with one attached hydrogen (secondary N) is 1. The van der Waals surface area contributed by atoms with Gasteiger partial charge >= 0.3 is 0 Å². The average molecular weight is 479 g/mol. The fraction of sp³-hybridized carbons (Fsp3) is 0.440. The summed E-state index contributed by atoms with van der Waals surface area (Å²) in [6.45, 7) is 10.4. The van der Waals surface area contributed by atoms with E-state index in [4.69, 9.17) is 27.9 Å². The van der Waals surface area contributed by atoms with Gasteiger partial charge in [0.15, 0.2) is 6.61 Å². The summed E-state index contributed by atoms with van der Waals surface area (Å²) >= 11 is 12.4. The summed E-state index contributed by atoms with van der Waals surface area (Å²) in [7, 11) is 0. The molecule has 7 heteroatoms. The largest absolute Gasteiger partial charge is 0.483 e. The number of ether oxygens (including phenoxy) is 1. The Morgan fingerprint density at radius 2 is 1.84 bits per heavy atom. The van der Waals surface area contributed by atoms with Crippen LogP contribution in [0.5, 0.6) is 5.75 Å². The Morgan fingerprint density at radius 3 is 2.47 bits per heavy atom. The molecule has 0 bridgehead atoms. The molecule has 0 heterocycles. The van der Waals surface area contributed by atoms with Crippen molar-refractivity contribution in [3.05, 3.63) is 63.1 Å². The maximum absolute atomic E-state index is 13.3. The van der Waals surface area contributed by atoms with Crippen molar-refractivity contribution in [2.75, 3.05) is 13.2 Å². The van der Waals surface area contributed by atoms with Crippen LogP contribution in [0.15, 0.2) is 36.4 Å². The molecule has 2 rings (SSSR count). The van der Waals surface area contributed by atoms with Crippen LogP contribution in [0.25, 0.3) is 0 Å². The highest BCUT2D eigenvalue weighted by Gasteiger charge is 2.29. The molecule has 2 aromatic carbocycles. The molecule has 1 N–H and O–H groups in total. The van der Waals surface area contributed by atoms with Gasteiger partial charge in [-0.2, -0.15) is 0 Å². The van der Waals surface area contributed by atoms with Gasteiger partial charge in [-0.3, -0.25) is 9.59 Å². The first-order valence-electron chi connectivity index (χ1n) is 10.8. The van der Waals surface area contributed by atoms with Crippen molar-refractivity contribution >= 4 is 35.0 Å². The third-order valence-electron chi connectivity index (χ3n) is 5.33. The Hall–Kier alpha value is -2.24. The quantitative estimate of drug-likeness (QED) is 0.485. The number of carbonyl (C=O) groups excluding carboxylic acids is 2. The molecular weight excluding hydrogens is 447 g/mol. The summed E-state index contributed by atoms with van der Waals surface area (Å²) in [5.41, 5.74) is 2.78. The number of rotatable bonds is 10. The highest BCUT2D eigenvalue weighted by Crippen LogP contribution is 2.25.